The van der Waals surface area contributed by atoms with Crippen molar-refractivity contribution >= 4 is 9.84 Å². The molecule has 1 aromatic carbocycles. The van der Waals surface area contributed by atoms with E-state index in [1.807, 2.05) is 0 Å². The Morgan fingerprint density at radius 1 is 1.19 bits per heavy atom. The van der Waals surface area contributed by atoms with Gasteiger partial charge in [-0.05, 0) is 63.8 Å². The number of aromatic nitrogens is 2. The van der Waals surface area contributed by atoms with Gasteiger partial charge in [-0.2, -0.15) is 10.4 Å². The number of nitriles is 1. The van der Waals surface area contributed by atoms with Gasteiger partial charge < -0.3 is 4.74 Å². The summed E-state index contributed by atoms with van der Waals surface area (Å²) in [6.45, 7) is 3.40. The van der Waals surface area contributed by atoms with Crippen LogP contribution in [0, 0.1) is 11.3 Å². The van der Waals surface area contributed by atoms with Crippen LogP contribution >= 0.6 is 0 Å². The van der Waals surface area contributed by atoms with Crippen molar-refractivity contribution < 1.29 is 13.2 Å². The van der Waals surface area contributed by atoms with Gasteiger partial charge in [0.1, 0.15) is 17.3 Å². The van der Waals surface area contributed by atoms with Crippen molar-refractivity contribution in [3.63, 3.8) is 0 Å². The van der Waals surface area contributed by atoms with Crippen molar-refractivity contribution in [2.24, 2.45) is 0 Å². The second-order valence-corrected chi connectivity index (χ2v) is 10.3. The average Bonchev–Trinajstić information content (AvgIpc) is 3.54. The van der Waals surface area contributed by atoms with Gasteiger partial charge in [-0.15, -0.1) is 0 Å². The minimum atomic E-state index is -3.26. The topological polar surface area (TPSA) is 85.0 Å². The highest BCUT2D eigenvalue weighted by molar-refractivity contribution is 7.91. The summed E-state index contributed by atoms with van der Waals surface area (Å²) in [5.74, 6) is 1.92. The number of nitrogens with zero attached hydrogens (tertiary/aromatic N) is 3. The molecule has 0 unspecified atom stereocenters. The van der Waals surface area contributed by atoms with Crippen molar-refractivity contribution in [1.29, 1.82) is 5.26 Å². The molecule has 1 aromatic heterocycles. The number of sulfone groups is 1. The minimum Gasteiger partial charge on any atom is -0.453 e. The molecule has 142 valence electrons. The van der Waals surface area contributed by atoms with Gasteiger partial charge in [0.05, 0.1) is 22.6 Å². The number of ether oxygens (including phenoxy) is 1. The fourth-order valence-electron chi connectivity index (χ4n) is 3.09. The third-order valence-electron chi connectivity index (χ3n) is 5.12. The molecule has 27 heavy (non-hydrogen) atoms. The summed E-state index contributed by atoms with van der Waals surface area (Å²) in [6, 6.07) is 9.08. The molecule has 2 saturated carbocycles. The summed E-state index contributed by atoms with van der Waals surface area (Å²) in [7, 11) is -3.26. The van der Waals surface area contributed by atoms with Gasteiger partial charge >= 0.3 is 0 Å². The first-order valence-electron chi connectivity index (χ1n) is 9.39. The molecule has 4 rings (SSSR count). The summed E-state index contributed by atoms with van der Waals surface area (Å²) >= 11 is 0. The van der Waals surface area contributed by atoms with Crippen LogP contribution in [0.15, 0.2) is 24.3 Å². The molecule has 2 fully saturated rings. The molecule has 0 radical (unpaired) electrons. The molecule has 2 aromatic rings. The highest BCUT2D eigenvalue weighted by atomic mass is 32.2. The molecule has 0 bridgehead atoms. The second-order valence-electron chi connectivity index (χ2n) is 7.73. The molecule has 0 aliphatic heterocycles. The highest BCUT2D eigenvalue weighted by Crippen LogP contribution is 2.52. The maximum atomic E-state index is 12.5. The number of hydrogen-bond acceptors (Lipinski definition) is 5. The summed E-state index contributed by atoms with van der Waals surface area (Å²) in [4.78, 5) is 0. The Hall–Kier alpha value is -2.33. The van der Waals surface area contributed by atoms with Crippen molar-refractivity contribution in [1.82, 2.24) is 9.78 Å². The van der Waals surface area contributed by atoms with Crippen LogP contribution in [-0.4, -0.2) is 23.4 Å². The van der Waals surface area contributed by atoms with E-state index in [2.05, 4.69) is 6.07 Å². The van der Waals surface area contributed by atoms with Gasteiger partial charge in [0.15, 0.2) is 15.6 Å². The van der Waals surface area contributed by atoms with Crippen LogP contribution in [0.2, 0.25) is 0 Å². The Balaban J connectivity index is 1.74. The van der Waals surface area contributed by atoms with E-state index in [0.717, 1.165) is 42.8 Å². The summed E-state index contributed by atoms with van der Waals surface area (Å²) in [6.07, 6.45) is 4.17. The Kier molecular flexibility index (Phi) is 4.47. The third kappa shape index (κ3) is 3.72. The average molecular weight is 385 g/mol. The van der Waals surface area contributed by atoms with Crippen molar-refractivity contribution in [3.8, 4) is 17.6 Å². The van der Waals surface area contributed by atoms with E-state index in [9.17, 15) is 8.42 Å². The Labute approximate surface area is 159 Å². The number of rotatable bonds is 7. The zero-order chi connectivity index (χ0) is 19.2. The monoisotopic (exact) mass is 385 g/mol. The normalized spacial score (nSPS) is 17.1. The maximum Gasteiger partial charge on any atom is 0.172 e. The van der Waals surface area contributed by atoms with Gasteiger partial charge in [-0.3, -0.25) is 0 Å². The summed E-state index contributed by atoms with van der Waals surface area (Å²) < 4.78 is 32.9. The zero-order valence-corrected chi connectivity index (χ0v) is 16.4. The minimum absolute atomic E-state index is 0.104. The lowest BCUT2D eigenvalue weighted by Gasteiger charge is -2.12. The molecule has 7 heteroatoms. The van der Waals surface area contributed by atoms with Gasteiger partial charge in [0, 0.05) is 11.8 Å². The molecule has 0 spiro atoms. The van der Waals surface area contributed by atoms with Crippen molar-refractivity contribution in [3.05, 3.63) is 41.2 Å². The van der Waals surface area contributed by atoms with Gasteiger partial charge in [0.2, 0.25) is 0 Å². The molecule has 0 saturated heterocycles. The molecule has 2 aliphatic rings. The van der Waals surface area contributed by atoms with E-state index in [4.69, 9.17) is 15.1 Å². The number of benzene rings is 1. The van der Waals surface area contributed by atoms with Crippen LogP contribution in [0.25, 0.3) is 0 Å². The van der Waals surface area contributed by atoms with Crippen LogP contribution in [-0.2, 0) is 15.7 Å². The standard InChI is InChI=1S/C20H23N3O3S/c1-13(2)27(24,25)12-23-19(16-7-8-16)20(18(22-23)15-5-6-15)26-17-9-3-14(11-21)4-10-17/h3-4,9-10,13,15-16H,5-8,12H2,1-2H3. The van der Waals surface area contributed by atoms with E-state index >= 15 is 0 Å². The molecular formula is C20H23N3O3S. The molecular weight excluding hydrogens is 362 g/mol. The van der Waals surface area contributed by atoms with Crippen LogP contribution in [0.3, 0.4) is 0 Å². The first-order chi connectivity index (χ1) is 12.9. The molecule has 2 aliphatic carbocycles. The van der Waals surface area contributed by atoms with Crippen molar-refractivity contribution in [2.75, 3.05) is 0 Å². The third-order valence-corrected chi connectivity index (χ3v) is 7.16. The molecule has 1 heterocycles. The summed E-state index contributed by atoms with van der Waals surface area (Å²) in [5, 5.41) is 13.2. The first kappa shape index (κ1) is 18.1. The van der Waals surface area contributed by atoms with Gasteiger partial charge in [0.25, 0.3) is 0 Å². The summed E-state index contributed by atoms with van der Waals surface area (Å²) in [5.41, 5.74) is 2.36. The lowest BCUT2D eigenvalue weighted by atomic mass is 10.2. The van der Waals surface area contributed by atoms with E-state index < -0.39 is 15.1 Å². The lowest BCUT2D eigenvalue weighted by Crippen LogP contribution is -2.21. The maximum absolute atomic E-state index is 12.5. The Morgan fingerprint density at radius 3 is 2.33 bits per heavy atom. The lowest BCUT2D eigenvalue weighted by molar-refractivity contribution is 0.468. The fourth-order valence-corrected chi connectivity index (χ4v) is 3.93. The zero-order valence-electron chi connectivity index (χ0n) is 15.6. The van der Waals surface area contributed by atoms with Crippen LogP contribution < -0.4 is 4.74 Å². The smallest absolute Gasteiger partial charge is 0.172 e. The van der Waals surface area contributed by atoms with E-state index in [1.165, 1.54) is 0 Å². The van der Waals surface area contributed by atoms with Gasteiger partial charge in [-0.1, -0.05) is 0 Å². The SMILES string of the molecule is CC(C)S(=O)(=O)Cn1nc(C2CC2)c(Oc2ccc(C#N)cc2)c1C1CC1. The van der Waals surface area contributed by atoms with E-state index in [0.29, 0.717) is 23.1 Å². The Morgan fingerprint density at radius 2 is 1.81 bits per heavy atom. The van der Waals surface area contributed by atoms with Crippen LogP contribution in [0.1, 0.15) is 68.3 Å². The van der Waals surface area contributed by atoms with E-state index in [1.54, 1.807) is 42.8 Å². The quantitative estimate of drug-likeness (QED) is 0.717. The predicted molar refractivity (Wildman–Crippen MR) is 101 cm³/mol. The largest absolute Gasteiger partial charge is 0.453 e. The first-order valence-corrected chi connectivity index (χ1v) is 11.1. The predicted octanol–water partition coefficient (Wildman–Crippen LogP) is 4.08. The van der Waals surface area contributed by atoms with Gasteiger partial charge in [-0.25, -0.2) is 13.1 Å². The van der Waals surface area contributed by atoms with Crippen LogP contribution in [0.5, 0.6) is 11.5 Å². The number of hydrogen-bond donors (Lipinski definition) is 0. The highest BCUT2D eigenvalue weighted by Gasteiger charge is 2.39. The molecule has 0 amide bonds. The Bertz CT molecular complexity index is 992. The molecule has 0 atom stereocenters. The van der Waals surface area contributed by atoms with Crippen molar-refractivity contribution in [2.45, 2.75) is 62.5 Å². The molecule has 6 nitrogen and oxygen atoms in total. The molecule has 0 N–H and O–H groups in total. The second kappa shape index (κ2) is 6.68. The van der Waals surface area contributed by atoms with Crippen LogP contribution in [0.4, 0.5) is 0 Å². The fraction of sp³-hybridized carbons (Fsp3) is 0.500. The van der Waals surface area contributed by atoms with E-state index in [-0.39, 0.29) is 5.88 Å².